The Hall–Kier alpha value is -0.570. The molecule has 2 fully saturated rings. The maximum Gasteiger partial charge on any atom is 0.220 e. The fourth-order valence-corrected chi connectivity index (χ4v) is 4.07. The first-order valence-corrected chi connectivity index (χ1v) is 9.28. The summed E-state index contributed by atoms with van der Waals surface area (Å²) in [6.45, 7) is 4.88. The molecule has 1 heterocycles. The summed E-state index contributed by atoms with van der Waals surface area (Å²) in [5.41, 5.74) is 0. The van der Waals surface area contributed by atoms with Gasteiger partial charge in [0.25, 0.3) is 0 Å². The van der Waals surface area contributed by atoms with Gasteiger partial charge in [0, 0.05) is 13.0 Å². The third-order valence-corrected chi connectivity index (χ3v) is 5.54. The summed E-state index contributed by atoms with van der Waals surface area (Å²) in [7, 11) is 2.40. The molecular formula is C18H35N2O+. The van der Waals surface area contributed by atoms with Crippen LogP contribution in [0.5, 0.6) is 0 Å². The van der Waals surface area contributed by atoms with Crippen molar-refractivity contribution in [1.82, 2.24) is 5.32 Å². The van der Waals surface area contributed by atoms with Gasteiger partial charge in [-0.1, -0.05) is 19.3 Å². The number of nitrogens with zero attached hydrogens (tertiary/aromatic N) is 1. The summed E-state index contributed by atoms with van der Waals surface area (Å²) < 4.78 is 1.26. The molecular weight excluding hydrogens is 260 g/mol. The van der Waals surface area contributed by atoms with Gasteiger partial charge in [0.1, 0.15) is 0 Å². The molecule has 0 aromatic heterocycles. The van der Waals surface area contributed by atoms with E-state index < -0.39 is 0 Å². The van der Waals surface area contributed by atoms with E-state index in [1.807, 2.05) is 0 Å². The molecule has 2 rings (SSSR count). The number of hydrogen-bond donors (Lipinski definition) is 1. The normalized spacial score (nSPS) is 22.9. The van der Waals surface area contributed by atoms with Crippen molar-refractivity contribution >= 4 is 5.91 Å². The zero-order valence-corrected chi connectivity index (χ0v) is 14.0. The van der Waals surface area contributed by atoms with Gasteiger partial charge in [-0.3, -0.25) is 4.79 Å². The van der Waals surface area contributed by atoms with Gasteiger partial charge < -0.3 is 9.80 Å². The number of amides is 1. The van der Waals surface area contributed by atoms with Crippen LogP contribution in [0.1, 0.15) is 70.6 Å². The first-order valence-electron chi connectivity index (χ1n) is 9.28. The zero-order chi connectivity index (χ0) is 15.0. The smallest absolute Gasteiger partial charge is 0.220 e. The van der Waals surface area contributed by atoms with Crippen LogP contribution in [0, 0.1) is 5.92 Å². The number of carbonyl (C=O) groups excluding carboxylic acids is 1. The standard InChI is InChI=1S/C18H34N2O/c1-20(13-7-3-8-14-20)15-9-6-12-19-18(21)16-17-10-4-2-5-11-17/h17H,2-16H2,1H3/p+1. The Morgan fingerprint density at radius 2 is 1.67 bits per heavy atom. The highest BCUT2D eigenvalue weighted by Gasteiger charge is 2.23. The molecule has 3 nitrogen and oxygen atoms in total. The van der Waals surface area contributed by atoms with E-state index in [1.54, 1.807) is 0 Å². The molecule has 21 heavy (non-hydrogen) atoms. The van der Waals surface area contributed by atoms with Crippen molar-refractivity contribution in [2.75, 3.05) is 33.2 Å². The van der Waals surface area contributed by atoms with Crippen molar-refractivity contribution in [3.63, 3.8) is 0 Å². The molecule has 3 heteroatoms. The monoisotopic (exact) mass is 295 g/mol. The predicted molar refractivity (Wildman–Crippen MR) is 88.1 cm³/mol. The van der Waals surface area contributed by atoms with Crippen LogP contribution in [0.2, 0.25) is 0 Å². The Labute approximate surface area is 131 Å². The molecule has 1 amide bonds. The Morgan fingerprint density at radius 3 is 2.38 bits per heavy atom. The van der Waals surface area contributed by atoms with E-state index in [1.165, 1.54) is 81.9 Å². The van der Waals surface area contributed by atoms with Gasteiger partial charge in [-0.15, -0.1) is 0 Å². The van der Waals surface area contributed by atoms with Gasteiger partial charge in [-0.25, -0.2) is 0 Å². The number of unbranched alkanes of at least 4 members (excludes halogenated alkanes) is 1. The molecule has 0 bridgehead atoms. The number of hydrogen-bond acceptors (Lipinski definition) is 1. The van der Waals surface area contributed by atoms with E-state index >= 15 is 0 Å². The van der Waals surface area contributed by atoms with Crippen molar-refractivity contribution in [2.45, 2.75) is 70.6 Å². The molecule has 0 aromatic rings. The third kappa shape index (κ3) is 6.37. The van der Waals surface area contributed by atoms with E-state index in [-0.39, 0.29) is 0 Å². The number of likely N-dealkylation sites (tertiary alicyclic amines) is 1. The second-order valence-electron chi connectivity index (χ2n) is 7.62. The van der Waals surface area contributed by atoms with Gasteiger partial charge in [-0.05, 0) is 50.9 Å². The fourth-order valence-electron chi connectivity index (χ4n) is 4.07. The molecule has 0 atom stereocenters. The van der Waals surface area contributed by atoms with Crippen LogP contribution < -0.4 is 5.32 Å². The van der Waals surface area contributed by atoms with Crippen LogP contribution >= 0.6 is 0 Å². The summed E-state index contributed by atoms with van der Waals surface area (Å²) in [6, 6.07) is 0. The van der Waals surface area contributed by atoms with Gasteiger partial charge >= 0.3 is 0 Å². The number of piperidine rings is 1. The average molecular weight is 295 g/mol. The Balaban J connectivity index is 1.49. The van der Waals surface area contributed by atoms with Crippen LogP contribution in [0.4, 0.5) is 0 Å². The van der Waals surface area contributed by atoms with Crippen LogP contribution in [0.15, 0.2) is 0 Å². The van der Waals surface area contributed by atoms with Crippen LogP contribution in [-0.4, -0.2) is 43.6 Å². The molecule has 1 aliphatic carbocycles. The highest BCUT2D eigenvalue weighted by molar-refractivity contribution is 5.76. The number of carbonyl (C=O) groups is 1. The molecule has 122 valence electrons. The highest BCUT2D eigenvalue weighted by Crippen LogP contribution is 2.26. The second-order valence-corrected chi connectivity index (χ2v) is 7.62. The summed E-state index contributed by atoms with van der Waals surface area (Å²) in [6.07, 6.45) is 13.9. The highest BCUT2D eigenvalue weighted by atomic mass is 16.1. The molecule has 2 aliphatic rings. The molecule has 0 spiro atoms. The Morgan fingerprint density at radius 1 is 1.00 bits per heavy atom. The molecule has 1 N–H and O–H groups in total. The van der Waals surface area contributed by atoms with Crippen molar-refractivity contribution in [1.29, 1.82) is 0 Å². The lowest BCUT2D eigenvalue weighted by molar-refractivity contribution is -0.914. The van der Waals surface area contributed by atoms with Gasteiger partial charge in [0.2, 0.25) is 5.91 Å². The van der Waals surface area contributed by atoms with Crippen LogP contribution in [0.3, 0.4) is 0 Å². The van der Waals surface area contributed by atoms with E-state index in [4.69, 9.17) is 0 Å². The van der Waals surface area contributed by atoms with E-state index in [2.05, 4.69) is 12.4 Å². The number of nitrogens with one attached hydrogen (secondary N) is 1. The van der Waals surface area contributed by atoms with Crippen LogP contribution in [0.25, 0.3) is 0 Å². The van der Waals surface area contributed by atoms with Gasteiger partial charge in [0.15, 0.2) is 0 Å². The Bertz CT molecular complexity index is 304. The lowest BCUT2D eigenvalue weighted by Crippen LogP contribution is -2.48. The first-order chi connectivity index (χ1) is 10.2. The SMILES string of the molecule is C[N+]1(CCCCNC(=O)CC2CCCCC2)CCCCC1. The van der Waals surface area contributed by atoms with Crippen molar-refractivity contribution < 1.29 is 9.28 Å². The maximum atomic E-state index is 11.9. The molecule has 0 unspecified atom stereocenters. The third-order valence-electron chi connectivity index (χ3n) is 5.54. The lowest BCUT2D eigenvalue weighted by Gasteiger charge is -2.37. The summed E-state index contributed by atoms with van der Waals surface area (Å²) >= 11 is 0. The Kier molecular flexibility index (Phi) is 7.01. The average Bonchev–Trinajstić information content (AvgIpc) is 2.48. The molecule has 0 aromatic carbocycles. The predicted octanol–water partition coefficient (Wildman–Crippen LogP) is 3.48. The fraction of sp³-hybridized carbons (Fsp3) is 0.944. The zero-order valence-electron chi connectivity index (χ0n) is 14.0. The minimum atomic E-state index is 0.292. The topological polar surface area (TPSA) is 29.1 Å². The second kappa shape index (κ2) is 8.77. The largest absolute Gasteiger partial charge is 0.356 e. The molecule has 1 saturated heterocycles. The quantitative estimate of drug-likeness (QED) is 0.565. The van der Waals surface area contributed by atoms with Crippen molar-refractivity contribution in [3.8, 4) is 0 Å². The van der Waals surface area contributed by atoms with E-state index in [0.717, 1.165) is 19.4 Å². The molecule has 0 radical (unpaired) electrons. The van der Waals surface area contributed by atoms with E-state index in [9.17, 15) is 4.79 Å². The molecule has 1 saturated carbocycles. The minimum Gasteiger partial charge on any atom is -0.356 e. The number of quaternary nitrogens is 1. The minimum absolute atomic E-state index is 0.292. The lowest BCUT2D eigenvalue weighted by atomic mass is 9.87. The molecule has 1 aliphatic heterocycles. The summed E-state index contributed by atoms with van der Waals surface area (Å²) in [4.78, 5) is 11.9. The van der Waals surface area contributed by atoms with E-state index in [0.29, 0.717) is 11.8 Å². The van der Waals surface area contributed by atoms with Crippen molar-refractivity contribution in [3.05, 3.63) is 0 Å². The van der Waals surface area contributed by atoms with Crippen molar-refractivity contribution in [2.24, 2.45) is 5.92 Å². The number of rotatable bonds is 7. The summed E-state index contributed by atoms with van der Waals surface area (Å²) in [5.74, 6) is 0.955. The van der Waals surface area contributed by atoms with Crippen LogP contribution in [-0.2, 0) is 4.79 Å². The summed E-state index contributed by atoms with van der Waals surface area (Å²) in [5, 5.41) is 3.13. The maximum absolute atomic E-state index is 11.9. The van der Waals surface area contributed by atoms with Gasteiger partial charge in [0.05, 0.1) is 26.7 Å². The van der Waals surface area contributed by atoms with Gasteiger partial charge in [-0.2, -0.15) is 0 Å². The first kappa shape index (κ1) is 16.8.